The van der Waals surface area contributed by atoms with Crippen LogP contribution in [0.25, 0.3) is 0 Å². The molecule has 0 heterocycles. The van der Waals surface area contributed by atoms with Gasteiger partial charge in [-0.15, -0.1) is 0 Å². The summed E-state index contributed by atoms with van der Waals surface area (Å²) in [6.07, 6.45) is 0.294. The van der Waals surface area contributed by atoms with Crippen molar-refractivity contribution in [2.75, 3.05) is 11.9 Å². The van der Waals surface area contributed by atoms with E-state index in [2.05, 4.69) is 0 Å². The van der Waals surface area contributed by atoms with Gasteiger partial charge in [0, 0.05) is 13.0 Å². The minimum Gasteiger partial charge on any atom is -0.396 e. The van der Waals surface area contributed by atoms with E-state index in [0.717, 1.165) is 0 Å². The zero-order valence-corrected chi connectivity index (χ0v) is 9.57. The highest BCUT2D eigenvalue weighted by atomic mass is 19.2. The van der Waals surface area contributed by atoms with E-state index >= 15 is 0 Å². The number of amides is 1. The molecule has 1 aromatic carbocycles. The van der Waals surface area contributed by atoms with Crippen molar-refractivity contribution in [1.29, 1.82) is 0 Å². The number of nitrogens with one attached hydrogen (secondary N) is 1. The molecule has 0 aromatic heterocycles. The van der Waals surface area contributed by atoms with Crippen LogP contribution < -0.4 is 5.32 Å². The average Bonchev–Trinajstić information content (AvgIpc) is 2.39. The number of unbranched alkanes of at least 4 members (excludes halogenated alkanes) is 1. The largest absolute Gasteiger partial charge is 0.396 e. The van der Waals surface area contributed by atoms with Gasteiger partial charge in [-0.1, -0.05) is 0 Å². The minimum absolute atomic E-state index is 0.171. The molecule has 1 aromatic rings. The number of rotatable bonds is 5. The predicted octanol–water partition coefficient (Wildman–Crippen LogP) is 2.48. The Kier molecular flexibility index (Phi) is 5.22. The lowest BCUT2D eigenvalue weighted by atomic mass is 10.2. The fourth-order valence-electron chi connectivity index (χ4n) is 1.31. The molecule has 8 heteroatoms. The number of carbonyl (C=O) groups excluding carboxylic acids is 1. The number of halogens is 5. The van der Waals surface area contributed by atoms with Crippen LogP contribution in [0.1, 0.15) is 19.3 Å². The lowest BCUT2D eigenvalue weighted by Crippen LogP contribution is -2.16. The van der Waals surface area contributed by atoms with Gasteiger partial charge in [0.2, 0.25) is 11.7 Å². The Morgan fingerprint density at radius 3 is 1.84 bits per heavy atom. The van der Waals surface area contributed by atoms with E-state index < -0.39 is 40.7 Å². The Balaban J connectivity index is 2.93. The molecule has 0 fully saturated rings. The van der Waals surface area contributed by atoms with Gasteiger partial charge in [0.1, 0.15) is 5.69 Å². The molecule has 0 spiro atoms. The fraction of sp³-hybridized carbons (Fsp3) is 0.364. The first kappa shape index (κ1) is 15.4. The van der Waals surface area contributed by atoms with Crippen LogP contribution in [0.4, 0.5) is 27.6 Å². The van der Waals surface area contributed by atoms with Crippen LogP contribution in [-0.2, 0) is 4.79 Å². The number of carbonyl (C=O) groups is 1. The second kappa shape index (κ2) is 6.46. The highest BCUT2D eigenvalue weighted by molar-refractivity contribution is 5.90. The summed E-state index contributed by atoms with van der Waals surface area (Å²) < 4.78 is 64.7. The smallest absolute Gasteiger partial charge is 0.224 e. The third-order valence-corrected chi connectivity index (χ3v) is 2.29. The lowest BCUT2D eigenvalue weighted by molar-refractivity contribution is -0.116. The van der Waals surface area contributed by atoms with Crippen molar-refractivity contribution in [3.8, 4) is 0 Å². The minimum atomic E-state index is -2.28. The Labute approximate surface area is 105 Å². The van der Waals surface area contributed by atoms with Crippen molar-refractivity contribution in [1.82, 2.24) is 0 Å². The molecule has 0 radical (unpaired) electrons. The van der Waals surface area contributed by atoms with E-state index in [0.29, 0.717) is 0 Å². The van der Waals surface area contributed by atoms with E-state index in [-0.39, 0.29) is 25.9 Å². The predicted molar refractivity (Wildman–Crippen MR) is 55.8 cm³/mol. The standard InChI is InChI=1S/C11H10F5NO2/c12-6-7(13)9(15)11(10(16)8(6)14)17-5(19)3-1-2-4-18/h18H,1-4H2,(H,17,19). The highest BCUT2D eigenvalue weighted by Crippen LogP contribution is 2.27. The van der Waals surface area contributed by atoms with Crippen LogP contribution in [0.2, 0.25) is 0 Å². The van der Waals surface area contributed by atoms with Gasteiger partial charge in [-0.3, -0.25) is 4.79 Å². The summed E-state index contributed by atoms with van der Waals surface area (Å²) in [6.45, 7) is -0.171. The molecule has 2 N–H and O–H groups in total. The van der Waals surface area contributed by atoms with Crippen molar-refractivity contribution in [2.45, 2.75) is 19.3 Å². The van der Waals surface area contributed by atoms with Crippen LogP contribution in [-0.4, -0.2) is 17.6 Å². The SMILES string of the molecule is O=C(CCCCO)Nc1c(F)c(F)c(F)c(F)c1F. The van der Waals surface area contributed by atoms with E-state index in [4.69, 9.17) is 5.11 Å². The number of benzene rings is 1. The zero-order valence-electron chi connectivity index (χ0n) is 9.57. The summed E-state index contributed by atoms with van der Waals surface area (Å²) in [4.78, 5) is 11.2. The number of aliphatic hydroxyl groups excluding tert-OH is 1. The van der Waals surface area contributed by atoms with Crippen LogP contribution in [0.5, 0.6) is 0 Å². The van der Waals surface area contributed by atoms with Gasteiger partial charge in [-0.25, -0.2) is 22.0 Å². The van der Waals surface area contributed by atoms with Crippen LogP contribution >= 0.6 is 0 Å². The number of anilines is 1. The molecule has 1 rings (SSSR count). The normalized spacial score (nSPS) is 10.6. The monoisotopic (exact) mass is 283 g/mol. The summed E-state index contributed by atoms with van der Waals surface area (Å²) >= 11 is 0. The maximum atomic E-state index is 13.2. The molecular weight excluding hydrogens is 273 g/mol. The third kappa shape index (κ3) is 3.40. The lowest BCUT2D eigenvalue weighted by Gasteiger charge is -2.09. The van der Waals surface area contributed by atoms with Gasteiger partial charge < -0.3 is 10.4 Å². The van der Waals surface area contributed by atoms with Gasteiger partial charge in [0.15, 0.2) is 23.3 Å². The highest BCUT2D eigenvalue weighted by Gasteiger charge is 2.26. The Morgan fingerprint density at radius 1 is 0.895 bits per heavy atom. The first-order chi connectivity index (χ1) is 8.90. The van der Waals surface area contributed by atoms with Crippen molar-refractivity contribution >= 4 is 11.6 Å². The molecule has 106 valence electrons. The number of hydrogen-bond donors (Lipinski definition) is 2. The maximum Gasteiger partial charge on any atom is 0.224 e. The van der Waals surface area contributed by atoms with Crippen molar-refractivity contribution in [2.24, 2.45) is 0 Å². The summed E-state index contributed by atoms with van der Waals surface area (Å²) in [5.41, 5.74) is -1.37. The Morgan fingerprint density at radius 2 is 1.37 bits per heavy atom. The van der Waals surface area contributed by atoms with Gasteiger partial charge >= 0.3 is 0 Å². The first-order valence-corrected chi connectivity index (χ1v) is 5.32. The average molecular weight is 283 g/mol. The maximum absolute atomic E-state index is 13.2. The summed E-state index contributed by atoms with van der Waals surface area (Å²) in [6, 6.07) is 0. The topological polar surface area (TPSA) is 49.3 Å². The van der Waals surface area contributed by atoms with Crippen molar-refractivity contribution < 1.29 is 31.9 Å². The molecule has 0 aliphatic carbocycles. The van der Waals surface area contributed by atoms with Crippen molar-refractivity contribution in [3.63, 3.8) is 0 Å². The molecule has 0 unspecified atom stereocenters. The molecule has 0 aliphatic rings. The molecule has 1 amide bonds. The number of aliphatic hydroxyl groups is 1. The molecule has 3 nitrogen and oxygen atoms in total. The molecular formula is C11H10F5NO2. The molecule has 0 saturated carbocycles. The van der Waals surface area contributed by atoms with Crippen LogP contribution in [0.3, 0.4) is 0 Å². The molecule has 0 atom stereocenters. The van der Waals surface area contributed by atoms with Gasteiger partial charge in [0.05, 0.1) is 0 Å². The van der Waals surface area contributed by atoms with Gasteiger partial charge in [0.25, 0.3) is 0 Å². The molecule has 0 aliphatic heterocycles. The second-order valence-electron chi connectivity index (χ2n) is 3.67. The van der Waals surface area contributed by atoms with Crippen molar-refractivity contribution in [3.05, 3.63) is 29.1 Å². The number of hydrogen-bond acceptors (Lipinski definition) is 2. The Bertz CT molecular complexity index is 463. The Hall–Kier alpha value is -1.70. The van der Waals surface area contributed by atoms with E-state index in [1.54, 1.807) is 5.32 Å². The molecule has 19 heavy (non-hydrogen) atoms. The van der Waals surface area contributed by atoms with E-state index in [9.17, 15) is 26.7 Å². The zero-order chi connectivity index (χ0) is 14.6. The quantitative estimate of drug-likeness (QED) is 0.377. The third-order valence-electron chi connectivity index (χ3n) is 2.29. The van der Waals surface area contributed by atoms with E-state index in [1.807, 2.05) is 0 Å². The van der Waals surface area contributed by atoms with Crippen LogP contribution in [0, 0.1) is 29.1 Å². The van der Waals surface area contributed by atoms with E-state index in [1.165, 1.54) is 0 Å². The molecule has 0 saturated heterocycles. The summed E-state index contributed by atoms with van der Waals surface area (Å²) in [5, 5.41) is 10.1. The van der Waals surface area contributed by atoms with Gasteiger partial charge in [-0.05, 0) is 12.8 Å². The second-order valence-corrected chi connectivity index (χ2v) is 3.67. The summed E-state index contributed by atoms with van der Waals surface area (Å²) in [7, 11) is 0. The molecule has 0 bridgehead atoms. The fourth-order valence-corrected chi connectivity index (χ4v) is 1.31. The van der Waals surface area contributed by atoms with Gasteiger partial charge in [-0.2, -0.15) is 0 Å². The summed E-state index contributed by atoms with van der Waals surface area (Å²) in [5.74, 6) is -11.6. The first-order valence-electron chi connectivity index (χ1n) is 5.32. The van der Waals surface area contributed by atoms with Crippen LogP contribution in [0.15, 0.2) is 0 Å².